The second-order valence-electron chi connectivity index (χ2n) is 2.73. The minimum atomic E-state index is 0.626. The molecule has 1 aromatic carbocycles. The molecule has 74 valence electrons. The van der Waals surface area contributed by atoms with Gasteiger partial charge in [0.25, 0.3) is 0 Å². The third kappa shape index (κ3) is 3.13. The maximum atomic E-state index is 8.70. The van der Waals surface area contributed by atoms with Gasteiger partial charge < -0.3 is 5.32 Å². The van der Waals surface area contributed by atoms with Crippen LogP contribution in [0, 0.1) is 11.3 Å². The molecule has 1 rings (SSSR count). The Morgan fingerprint density at radius 3 is 3.00 bits per heavy atom. The quantitative estimate of drug-likeness (QED) is 0.802. The molecule has 0 aliphatic carbocycles. The zero-order valence-electron chi connectivity index (χ0n) is 7.88. The molecule has 0 atom stereocenters. The predicted octanol–water partition coefficient (Wildman–Crippen LogP) is 2.99. The number of halogens is 1. The molecule has 0 aromatic heterocycles. The third-order valence-electron chi connectivity index (χ3n) is 1.72. The van der Waals surface area contributed by atoms with Crippen molar-refractivity contribution in [1.82, 2.24) is 0 Å². The molecule has 1 aromatic rings. The Kier molecular flexibility index (Phi) is 4.64. The van der Waals surface area contributed by atoms with Crippen LogP contribution in [0.25, 0.3) is 0 Å². The molecule has 0 aliphatic heterocycles. The first-order chi connectivity index (χ1) is 6.77. The molecule has 0 aliphatic rings. The SMILES string of the molecule is CSCCNc1cc(C#N)ccc1Cl. The lowest BCUT2D eigenvalue weighted by molar-refractivity contribution is 1.23. The van der Waals surface area contributed by atoms with Gasteiger partial charge >= 0.3 is 0 Å². The van der Waals surface area contributed by atoms with Gasteiger partial charge in [-0.25, -0.2) is 0 Å². The number of benzene rings is 1. The predicted molar refractivity (Wildman–Crippen MR) is 63.0 cm³/mol. The van der Waals surface area contributed by atoms with E-state index >= 15 is 0 Å². The number of nitriles is 1. The van der Waals surface area contributed by atoms with Gasteiger partial charge in [-0.2, -0.15) is 17.0 Å². The molecule has 2 nitrogen and oxygen atoms in total. The van der Waals surface area contributed by atoms with Crippen LogP contribution in [0.5, 0.6) is 0 Å². The van der Waals surface area contributed by atoms with E-state index in [4.69, 9.17) is 16.9 Å². The minimum absolute atomic E-state index is 0.626. The molecule has 14 heavy (non-hydrogen) atoms. The summed E-state index contributed by atoms with van der Waals surface area (Å²) >= 11 is 7.72. The summed E-state index contributed by atoms with van der Waals surface area (Å²) in [5.41, 5.74) is 1.46. The van der Waals surface area contributed by atoms with Crippen LogP contribution in [-0.4, -0.2) is 18.6 Å². The molecular weight excluding hydrogens is 216 g/mol. The number of thioether (sulfide) groups is 1. The van der Waals surface area contributed by atoms with E-state index in [1.807, 2.05) is 0 Å². The molecule has 1 N–H and O–H groups in total. The van der Waals surface area contributed by atoms with Gasteiger partial charge in [-0.1, -0.05) is 11.6 Å². The Labute approximate surface area is 93.3 Å². The Balaban J connectivity index is 2.70. The van der Waals surface area contributed by atoms with Gasteiger partial charge in [0.1, 0.15) is 0 Å². The summed E-state index contributed by atoms with van der Waals surface area (Å²) in [6.07, 6.45) is 2.05. The average Bonchev–Trinajstić information content (AvgIpc) is 2.21. The number of nitrogens with zero attached hydrogens (tertiary/aromatic N) is 1. The number of hydrogen-bond acceptors (Lipinski definition) is 3. The monoisotopic (exact) mass is 226 g/mol. The van der Waals surface area contributed by atoms with E-state index in [0.717, 1.165) is 18.0 Å². The topological polar surface area (TPSA) is 35.8 Å². The molecule has 0 saturated carbocycles. The smallest absolute Gasteiger partial charge is 0.0992 e. The number of anilines is 1. The van der Waals surface area contributed by atoms with Gasteiger partial charge in [-0.05, 0) is 24.5 Å². The van der Waals surface area contributed by atoms with Crippen molar-refractivity contribution in [2.24, 2.45) is 0 Å². The molecule has 0 saturated heterocycles. The van der Waals surface area contributed by atoms with Gasteiger partial charge in [0.05, 0.1) is 22.3 Å². The number of rotatable bonds is 4. The van der Waals surface area contributed by atoms with E-state index in [1.54, 1.807) is 30.0 Å². The third-order valence-corrected chi connectivity index (χ3v) is 2.66. The first kappa shape index (κ1) is 11.2. The largest absolute Gasteiger partial charge is 0.383 e. The van der Waals surface area contributed by atoms with E-state index in [-0.39, 0.29) is 0 Å². The van der Waals surface area contributed by atoms with Crippen LogP contribution in [0.15, 0.2) is 18.2 Å². The zero-order valence-corrected chi connectivity index (χ0v) is 9.45. The van der Waals surface area contributed by atoms with Crippen molar-refractivity contribution in [3.8, 4) is 6.07 Å². The number of hydrogen-bond donors (Lipinski definition) is 1. The highest BCUT2D eigenvalue weighted by Crippen LogP contribution is 2.22. The fourth-order valence-corrected chi connectivity index (χ4v) is 1.51. The molecule has 0 bridgehead atoms. The van der Waals surface area contributed by atoms with Gasteiger partial charge in [0.15, 0.2) is 0 Å². The van der Waals surface area contributed by atoms with Crippen LogP contribution in [0.3, 0.4) is 0 Å². The van der Waals surface area contributed by atoms with Crippen molar-refractivity contribution in [3.63, 3.8) is 0 Å². The lowest BCUT2D eigenvalue weighted by Gasteiger charge is -2.07. The summed E-state index contributed by atoms with van der Waals surface area (Å²) < 4.78 is 0. The van der Waals surface area contributed by atoms with Crippen molar-refractivity contribution >= 4 is 29.1 Å². The summed E-state index contributed by atoms with van der Waals surface area (Å²) in [6.45, 7) is 0.857. The molecule has 0 radical (unpaired) electrons. The highest BCUT2D eigenvalue weighted by Gasteiger charge is 2.00. The standard InChI is InChI=1S/C10H11ClN2S/c1-14-5-4-13-10-6-8(7-12)2-3-9(10)11/h2-3,6,13H,4-5H2,1H3. The molecule has 4 heteroatoms. The van der Waals surface area contributed by atoms with E-state index in [1.165, 1.54) is 0 Å². The maximum Gasteiger partial charge on any atom is 0.0992 e. The molecular formula is C10H11ClN2S. The summed E-state index contributed by atoms with van der Waals surface area (Å²) in [7, 11) is 0. The fourth-order valence-electron chi connectivity index (χ4n) is 1.02. The van der Waals surface area contributed by atoms with Crippen LogP contribution >= 0.6 is 23.4 Å². The molecule has 0 amide bonds. The average molecular weight is 227 g/mol. The van der Waals surface area contributed by atoms with E-state index in [9.17, 15) is 0 Å². The van der Waals surface area contributed by atoms with Gasteiger partial charge in [-0.3, -0.25) is 0 Å². The van der Waals surface area contributed by atoms with Crippen molar-refractivity contribution < 1.29 is 0 Å². The molecule has 0 unspecified atom stereocenters. The summed E-state index contributed by atoms with van der Waals surface area (Å²) in [6, 6.07) is 7.30. The summed E-state index contributed by atoms with van der Waals surface area (Å²) in [5.74, 6) is 1.02. The van der Waals surface area contributed by atoms with Crippen LogP contribution in [-0.2, 0) is 0 Å². The first-order valence-electron chi connectivity index (χ1n) is 4.20. The Bertz CT molecular complexity index is 346. The zero-order chi connectivity index (χ0) is 10.4. The van der Waals surface area contributed by atoms with E-state index < -0.39 is 0 Å². The molecule has 0 spiro atoms. The van der Waals surface area contributed by atoms with Crippen molar-refractivity contribution in [2.75, 3.05) is 23.9 Å². The summed E-state index contributed by atoms with van der Waals surface area (Å²) in [5, 5.41) is 12.5. The molecule has 0 heterocycles. The van der Waals surface area contributed by atoms with Crippen molar-refractivity contribution in [2.45, 2.75) is 0 Å². The van der Waals surface area contributed by atoms with E-state index in [2.05, 4.69) is 17.6 Å². The van der Waals surface area contributed by atoms with Crippen LogP contribution in [0.1, 0.15) is 5.56 Å². The maximum absolute atomic E-state index is 8.70. The van der Waals surface area contributed by atoms with Gasteiger partial charge in [-0.15, -0.1) is 0 Å². The number of nitrogens with one attached hydrogen (secondary N) is 1. The Hall–Kier alpha value is -0.850. The minimum Gasteiger partial charge on any atom is -0.383 e. The van der Waals surface area contributed by atoms with Crippen molar-refractivity contribution in [3.05, 3.63) is 28.8 Å². The van der Waals surface area contributed by atoms with Gasteiger partial charge in [0, 0.05) is 12.3 Å². The van der Waals surface area contributed by atoms with Crippen LogP contribution < -0.4 is 5.32 Å². The van der Waals surface area contributed by atoms with Crippen LogP contribution in [0.4, 0.5) is 5.69 Å². The van der Waals surface area contributed by atoms with Gasteiger partial charge in [0.2, 0.25) is 0 Å². The lowest BCUT2D eigenvalue weighted by Crippen LogP contribution is -2.04. The molecule has 0 fully saturated rings. The second-order valence-corrected chi connectivity index (χ2v) is 4.12. The normalized spacial score (nSPS) is 9.50. The summed E-state index contributed by atoms with van der Waals surface area (Å²) in [4.78, 5) is 0. The highest BCUT2D eigenvalue weighted by molar-refractivity contribution is 7.98. The van der Waals surface area contributed by atoms with E-state index in [0.29, 0.717) is 10.6 Å². The fraction of sp³-hybridized carbons (Fsp3) is 0.300. The highest BCUT2D eigenvalue weighted by atomic mass is 35.5. The van der Waals surface area contributed by atoms with Crippen LogP contribution in [0.2, 0.25) is 5.02 Å². The lowest BCUT2D eigenvalue weighted by atomic mass is 10.2. The first-order valence-corrected chi connectivity index (χ1v) is 5.97. The second kappa shape index (κ2) is 5.79. The Morgan fingerprint density at radius 1 is 1.57 bits per heavy atom. The Morgan fingerprint density at radius 2 is 2.36 bits per heavy atom. The van der Waals surface area contributed by atoms with Crippen molar-refractivity contribution in [1.29, 1.82) is 5.26 Å².